The number of nitrogens with one attached hydrogen (secondary N) is 1. The molecule has 1 atom stereocenters. The van der Waals surface area contributed by atoms with E-state index in [4.69, 9.17) is 11.2 Å². The fourth-order valence-corrected chi connectivity index (χ4v) is 1.92. The van der Waals surface area contributed by atoms with Crippen molar-refractivity contribution in [2.45, 2.75) is 33.7 Å². The maximum Gasteiger partial charge on any atom is 0.329 e. The SMILES string of the molecule is C#CCOC(=O)[C@H](C)Nc1c(C)cc(C)cc1C. The molecule has 0 unspecified atom stereocenters. The van der Waals surface area contributed by atoms with Gasteiger partial charge in [0, 0.05) is 5.69 Å². The molecule has 0 saturated heterocycles. The Bertz CT molecular complexity index is 463. The summed E-state index contributed by atoms with van der Waals surface area (Å²) in [4.78, 5) is 11.6. The third kappa shape index (κ3) is 3.53. The quantitative estimate of drug-likeness (QED) is 0.654. The number of esters is 1. The van der Waals surface area contributed by atoms with Gasteiger partial charge in [0.1, 0.15) is 6.04 Å². The molecule has 1 aromatic carbocycles. The van der Waals surface area contributed by atoms with Crippen molar-refractivity contribution < 1.29 is 9.53 Å². The van der Waals surface area contributed by atoms with Crippen molar-refractivity contribution in [2.75, 3.05) is 11.9 Å². The second kappa shape index (κ2) is 6.11. The molecule has 1 aromatic rings. The minimum absolute atomic E-state index is 0.0106. The molecule has 3 heteroatoms. The molecule has 0 saturated carbocycles. The molecule has 1 rings (SSSR count). The van der Waals surface area contributed by atoms with Gasteiger partial charge in [-0.05, 0) is 38.8 Å². The van der Waals surface area contributed by atoms with E-state index in [1.54, 1.807) is 6.92 Å². The number of benzene rings is 1. The zero-order valence-electron chi connectivity index (χ0n) is 11.3. The van der Waals surface area contributed by atoms with Crippen molar-refractivity contribution in [2.24, 2.45) is 0 Å². The summed E-state index contributed by atoms with van der Waals surface area (Å²) in [5, 5.41) is 3.17. The number of aryl methyl sites for hydroxylation is 3. The van der Waals surface area contributed by atoms with Gasteiger partial charge in [-0.3, -0.25) is 0 Å². The van der Waals surface area contributed by atoms with Crippen molar-refractivity contribution in [1.82, 2.24) is 0 Å². The van der Waals surface area contributed by atoms with Gasteiger partial charge in [0.25, 0.3) is 0 Å². The Labute approximate surface area is 109 Å². The van der Waals surface area contributed by atoms with E-state index in [2.05, 4.69) is 23.4 Å². The maximum absolute atomic E-state index is 11.6. The summed E-state index contributed by atoms with van der Waals surface area (Å²) in [6, 6.07) is 3.74. The topological polar surface area (TPSA) is 38.3 Å². The van der Waals surface area contributed by atoms with Gasteiger partial charge in [0.2, 0.25) is 0 Å². The molecule has 18 heavy (non-hydrogen) atoms. The monoisotopic (exact) mass is 245 g/mol. The maximum atomic E-state index is 11.6. The Hall–Kier alpha value is -1.95. The van der Waals surface area contributed by atoms with Gasteiger partial charge in [-0.1, -0.05) is 23.6 Å². The number of carbonyl (C=O) groups excluding carboxylic acids is 1. The van der Waals surface area contributed by atoms with Crippen LogP contribution >= 0.6 is 0 Å². The van der Waals surface area contributed by atoms with Crippen molar-refractivity contribution in [3.8, 4) is 12.3 Å². The minimum atomic E-state index is -0.418. The fraction of sp³-hybridized carbons (Fsp3) is 0.400. The van der Waals surface area contributed by atoms with Crippen LogP contribution in [0.3, 0.4) is 0 Å². The summed E-state index contributed by atoms with van der Waals surface area (Å²) in [5.41, 5.74) is 4.41. The van der Waals surface area contributed by atoms with Crippen molar-refractivity contribution >= 4 is 11.7 Å². The van der Waals surface area contributed by atoms with Crippen molar-refractivity contribution in [3.05, 3.63) is 28.8 Å². The van der Waals surface area contributed by atoms with Gasteiger partial charge in [-0.15, -0.1) is 6.42 Å². The number of rotatable bonds is 4. The lowest BCUT2D eigenvalue weighted by Crippen LogP contribution is -2.29. The van der Waals surface area contributed by atoms with Crippen molar-refractivity contribution in [1.29, 1.82) is 0 Å². The van der Waals surface area contributed by atoms with Gasteiger partial charge >= 0.3 is 5.97 Å². The molecule has 0 radical (unpaired) electrons. The van der Waals surface area contributed by atoms with Crippen LogP contribution in [0.5, 0.6) is 0 Å². The lowest BCUT2D eigenvalue weighted by Gasteiger charge is -2.18. The molecule has 0 amide bonds. The van der Waals surface area contributed by atoms with Crippen LogP contribution in [0.4, 0.5) is 5.69 Å². The normalized spacial score (nSPS) is 11.5. The third-order valence-electron chi connectivity index (χ3n) is 2.69. The summed E-state index contributed by atoms with van der Waals surface area (Å²) < 4.78 is 4.89. The van der Waals surface area contributed by atoms with Gasteiger partial charge in [-0.25, -0.2) is 4.79 Å². The summed E-state index contributed by atoms with van der Waals surface area (Å²) in [5.74, 6) is 1.94. The number of hydrogen-bond acceptors (Lipinski definition) is 3. The van der Waals surface area contributed by atoms with E-state index >= 15 is 0 Å². The molecule has 0 aliphatic carbocycles. The van der Waals surface area contributed by atoms with Crippen LogP contribution < -0.4 is 5.32 Å². The van der Waals surface area contributed by atoms with Crippen LogP contribution in [0.25, 0.3) is 0 Å². The molecule has 0 aliphatic heterocycles. The number of hydrogen-bond donors (Lipinski definition) is 1. The van der Waals surface area contributed by atoms with E-state index < -0.39 is 6.04 Å². The predicted molar refractivity (Wildman–Crippen MR) is 73.5 cm³/mol. The average molecular weight is 245 g/mol. The summed E-state index contributed by atoms with van der Waals surface area (Å²) in [7, 11) is 0. The molecule has 0 heterocycles. The average Bonchev–Trinajstić information content (AvgIpc) is 2.30. The summed E-state index contributed by atoms with van der Waals surface area (Å²) >= 11 is 0. The van der Waals surface area contributed by atoms with Crippen LogP contribution in [0, 0.1) is 33.1 Å². The summed E-state index contributed by atoms with van der Waals surface area (Å²) in [6.07, 6.45) is 5.05. The predicted octanol–water partition coefficient (Wildman–Crippen LogP) is 2.59. The first-order valence-electron chi connectivity index (χ1n) is 5.90. The van der Waals surface area contributed by atoms with Crippen LogP contribution in [-0.2, 0) is 9.53 Å². The molecule has 96 valence electrons. The van der Waals surface area contributed by atoms with Crippen LogP contribution in [0.15, 0.2) is 12.1 Å². The van der Waals surface area contributed by atoms with E-state index in [1.807, 2.05) is 20.8 Å². The Balaban J connectivity index is 2.79. The number of carbonyl (C=O) groups is 1. The Kier molecular flexibility index (Phi) is 4.79. The molecule has 0 fully saturated rings. The van der Waals surface area contributed by atoms with E-state index in [-0.39, 0.29) is 12.6 Å². The number of terminal acetylenes is 1. The first-order valence-corrected chi connectivity index (χ1v) is 5.90. The van der Waals surface area contributed by atoms with E-state index in [0.717, 1.165) is 16.8 Å². The highest BCUT2D eigenvalue weighted by atomic mass is 16.5. The van der Waals surface area contributed by atoms with E-state index in [0.29, 0.717) is 0 Å². The minimum Gasteiger partial charge on any atom is -0.451 e. The standard InChI is InChI=1S/C15H19NO2/c1-6-7-18-15(17)13(5)16-14-11(3)8-10(2)9-12(14)4/h1,8-9,13,16H,7H2,2-5H3/t13-/m0/s1. The molecule has 0 aliphatic rings. The van der Waals surface area contributed by atoms with Gasteiger partial charge in [0.05, 0.1) is 0 Å². The van der Waals surface area contributed by atoms with Gasteiger partial charge in [-0.2, -0.15) is 0 Å². The lowest BCUT2D eigenvalue weighted by molar-refractivity contribution is -0.142. The third-order valence-corrected chi connectivity index (χ3v) is 2.69. The lowest BCUT2D eigenvalue weighted by atomic mass is 10.0. The first-order chi connectivity index (χ1) is 8.45. The Morgan fingerprint density at radius 2 is 1.94 bits per heavy atom. The highest BCUT2D eigenvalue weighted by Crippen LogP contribution is 2.22. The molecular formula is C15H19NO2. The highest BCUT2D eigenvalue weighted by molar-refractivity contribution is 5.79. The smallest absolute Gasteiger partial charge is 0.329 e. The summed E-state index contributed by atoms with van der Waals surface area (Å²) in [6.45, 7) is 7.85. The molecular weight excluding hydrogens is 226 g/mol. The largest absolute Gasteiger partial charge is 0.451 e. The number of ether oxygens (including phenoxy) is 1. The van der Waals surface area contributed by atoms with Crippen LogP contribution in [0.1, 0.15) is 23.6 Å². The molecule has 0 spiro atoms. The van der Waals surface area contributed by atoms with E-state index in [1.165, 1.54) is 5.56 Å². The fourth-order valence-electron chi connectivity index (χ4n) is 1.92. The van der Waals surface area contributed by atoms with Crippen LogP contribution in [0.2, 0.25) is 0 Å². The molecule has 3 nitrogen and oxygen atoms in total. The van der Waals surface area contributed by atoms with Crippen LogP contribution in [-0.4, -0.2) is 18.6 Å². The Morgan fingerprint density at radius 3 is 2.44 bits per heavy atom. The van der Waals surface area contributed by atoms with Gasteiger partial charge < -0.3 is 10.1 Å². The highest BCUT2D eigenvalue weighted by Gasteiger charge is 2.15. The second-order valence-corrected chi connectivity index (χ2v) is 4.45. The first kappa shape index (κ1) is 14.1. The zero-order valence-corrected chi connectivity index (χ0v) is 11.3. The van der Waals surface area contributed by atoms with E-state index in [9.17, 15) is 4.79 Å². The zero-order chi connectivity index (χ0) is 13.7. The molecule has 1 N–H and O–H groups in total. The van der Waals surface area contributed by atoms with Gasteiger partial charge in [0.15, 0.2) is 6.61 Å². The second-order valence-electron chi connectivity index (χ2n) is 4.45. The Morgan fingerprint density at radius 1 is 1.39 bits per heavy atom. The number of anilines is 1. The molecule has 0 bridgehead atoms. The molecule has 0 aromatic heterocycles. The van der Waals surface area contributed by atoms with Crippen molar-refractivity contribution in [3.63, 3.8) is 0 Å².